The molecule has 0 fully saturated rings. The van der Waals surface area contributed by atoms with Crippen molar-refractivity contribution in [1.82, 2.24) is 15.3 Å². The van der Waals surface area contributed by atoms with Gasteiger partial charge in [-0.25, -0.2) is 9.97 Å². The Balaban J connectivity index is 1.84. The summed E-state index contributed by atoms with van der Waals surface area (Å²) in [6.45, 7) is 10.2. The fourth-order valence-electron chi connectivity index (χ4n) is 2.99. The quantitative estimate of drug-likeness (QED) is 0.643. The van der Waals surface area contributed by atoms with Gasteiger partial charge in [-0.2, -0.15) is 0 Å². The van der Waals surface area contributed by atoms with Gasteiger partial charge in [0.2, 0.25) is 0 Å². The van der Waals surface area contributed by atoms with Gasteiger partial charge in [-0.15, -0.1) is 11.3 Å². The zero-order valence-electron chi connectivity index (χ0n) is 16.6. The van der Waals surface area contributed by atoms with Crippen molar-refractivity contribution in [3.05, 3.63) is 56.8 Å². The van der Waals surface area contributed by atoms with Crippen molar-refractivity contribution < 1.29 is 9.90 Å². The molecule has 0 radical (unpaired) electrons. The summed E-state index contributed by atoms with van der Waals surface area (Å²) < 4.78 is 0. The van der Waals surface area contributed by atoms with Crippen molar-refractivity contribution in [1.29, 1.82) is 0 Å². The van der Waals surface area contributed by atoms with Gasteiger partial charge in [-0.05, 0) is 37.1 Å². The predicted octanol–water partition coefficient (Wildman–Crippen LogP) is 4.72. The van der Waals surface area contributed by atoms with Crippen molar-refractivity contribution in [2.45, 2.75) is 46.1 Å². The van der Waals surface area contributed by atoms with Crippen LogP contribution < -0.4 is 5.32 Å². The number of fused-ring (bicyclic) bond motifs is 1. The van der Waals surface area contributed by atoms with Crippen LogP contribution in [0.3, 0.4) is 0 Å². The van der Waals surface area contributed by atoms with E-state index in [1.807, 2.05) is 13.8 Å². The lowest BCUT2D eigenvalue weighted by atomic mass is 9.95. The number of thiophene rings is 1. The first-order valence-corrected chi connectivity index (χ1v) is 10.3. The molecule has 148 valence electrons. The second-order valence-electron chi connectivity index (χ2n) is 7.90. The number of amides is 1. The molecule has 3 rings (SSSR count). The molecule has 0 unspecified atom stereocenters. The zero-order chi connectivity index (χ0) is 20.6. The Hall–Kier alpha value is -2.02. The molecule has 2 heterocycles. The minimum absolute atomic E-state index is 0.102. The molecular formula is C21H24ClN3O2S. The number of carbonyl (C=O) groups excluding carboxylic acids is 1. The van der Waals surface area contributed by atoms with Crippen LogP contribution in [0.25, 0.3) is 10.2 Å². The summed E-state index contributed by atoms with van der Waals surface area (Å²) in [5.74, 6) is 0.542. The van der Waals surface area contributed by atoms with Gasteiger partial charge < -0.3 is 10.4 Å². The number of aryl methyl sites for hydroxylation is 2. The van der Waals surface area contributed by atoms with Crippen LogP contribution in [0, 0.1) is 13.8 Å². The largest absolute Gasteiger partial charge is 0.387 e. The number of rotatable bonds is 4. The third-order valence-electron chi connectivity index (χ3n) is 4.54. The highest BCUT2D eigenvalue weighted by Gasteiger charge is 2.23. The Morgan fingerprint density at radius 1 is 1.29 bits per heavy atom. The lowest BCUT2D eigenvalue weighted by molar-refractivity contribution is 0.0920. The Morgan fingerprint density at radius 2 is 2.00 bits per heavy atom. The van der Waals surface area contributed by atoms with Crippen molar-refractivity contribution in [3.63, 3.8) is 0 Å². The van der Waals surface area contributed by atoms with E-state index in [9.17, 15) is 9.90 Å². The molecule has 7 heteroatoms. The highest BCUT2D eigenvalue weighted by Crippen LogP contribution is 2.33. The van der Waals surface area contributed by atoms with Gasteiger partial charge in [0.1, 0.15) is 10.7 Å². The van der Waals surface area contributed by atoms with Gasteiger partial charge in [0.25, 0.3) is 5.91 Å². The van der Waals surface area contributed by atoms with Gasteiger partial charge in [0, 0.05) is 22.4 Å². The molecule has 1 aromatic carbocycles. The van der Waals surface area contributed by atoms with E-state index in [0.29, 0.717) is 15.5 Å². The Labute approximate surface area is 173 Å². The molecule has 1 atom stereocenters. The highest BCUT2D eigenvalue weighted by molar-refractivity contribution is 7.20. The van der Waals surface area contributed by atoms with E-state index in [0.717, 1.165) is 27.3 Å². The van der Waals surface area contributed by atoms with Crippen LogP contribution in [0.2, 0.25) is 5.02 Å². The minimum Gasteiger partial charge on any atom is -0.387 e. The fourth-order valence-corrected chi connectivity index (χ4v) is 4.34. The van der Waals surface area contributed by atoms with Crippen LogP contribution in [0.5, 0.6) is 0 Å². The first kappa shape index (κ1) is 20.7. The van der Waals surface area contributed by atoms with Crippen LogP contribution in [0.15, 0.2) is 24.3 Å². The number of halogens is 1. The van der Waals surface area contributed by atoms with Crippen LogP contribution >= 0.6 is 22.9 Å². The zero-order valence-corrected chi connectivity index (χ0v) is 18.2. The van der Waals surface area contributed by atoms with E-state index >= 15 is 0 Å². The Morgan fingerprint density at radius 3 is 2.64 bits per heavy atom. The number of aliphatic hydroxyl groups excluding tert-OH is 1. The summed E-state index contributed by atoms with van der Waals surface area (Å²) in [6.07, 6.45) is -0.827. The maximum Gasteiger partial charge on any atom is 0.261 e. The van der Waals surface area contributed by atoms with E-state index in [2.05, 4.69) is 36.1 Å². The molecule has 1 amide bonds. The third-order valence-corrected chi connectivity index (χ3v) is 5.96. The van der Waals surface area contributed by atoms with Crippen molar-refractivity contribution in [2.75, 3.05) is 6.54 Å². The topological polar surface area (TPSA) is 75.1 Å². The summed E-state index contributed by atoms with van der Waals surface area (Å²) in [5.41, 5.74) is 2.24. The monoisotopic (exact) mass is 417 g/mol. The standard InChI is InChI=1S/C21H24ClN3O2S/c1-11-16-12(2)24-20(21(3,4)5)25-19(16)28-17(11)18(27)23-10-15(26)13-7-6-8-14(22)9-13/h6-9,15,26H,10H2,1-5H3,(H,23,27)/t15-/m1/s1. The lowest BCUT2D eigenvalue weighted by Gasteiger charge is -2.16. The summed E-state index contributed by atoms with van der Waals surface area (Å²) in [5, 5.41) is 14.6. The van der Waals surface area contributed by atoms with E-state index in [1.54, 1.807) is 24.3 Å². The molecule has 0 bridgehead atoms. The molecule has 0 saturated heterocycles. The second-order valence-corrected chi connectivity index (χ2v) is 9.34. The average molecular weight is 418 g/mol. The first-order chi connectivity index (χ1) is 13.1. The number of aliphatic hydroxyl groups is 1. The van der Waals surface area contributed by atoms with E-state index in [-0.39, 0.29) is 17.9 Å². The van der Waals surface area contributed by atoms with Gasteiger partial charge in [0.05, 0.1) is 16.7 Å². The SMILES string of the molecule is Cc1nc(C(C)(C)C)nc2sc(C(=O)NC[C@@H](O)c3cccc(Cl)c3)c(C)c12. The van der Waals surface area contributed by atoms with Gasteiger partial charge in [-0.3, -0.25) is 4.79 Å². The fraction of sp³-hybridized carbons (Fsp3) is 0.381. The highest BCUT2D eigenvalue weighted by atomic mass is 35.5. The molecule has 0 aliphatic carbocycles. The maximum atomic E-state index is 12.7. The van der Waals surface area contributed by atoms with E-state index in [1.165, 1.54) is 11.3 Å². The van der Waals surface area contributed by atoms with Crippen molar-refractivity contribution in [3.8, 4) is 0 Å². The average Bonchev–Trinajstić information content (AvgIpc) is 2.96. The van der Waals surface area contributed by atoms with Crippen molar-refractivity contribution >= 4 is 39.1 Å². The number of benzene rings is 1. The van der Waals surface area contributed by atoms with Crippen LogP contribution in [-0.4, -0.2) is 27.5 Å². The molecule has 5 nitrogen and oxygen atoms in total. The van der Waals surface area contributed by atoms with Crippen LogP contribution in [-0.2, 0) is 5.41 Å². The number of nitrogens with one attached hydrogen (secondary N) is 1. The minimum atomic E-state index is -0.827. The number of carbonyl (C=O) groups is 1. The normalized spacial score (nSPS) is 13.0. The summed E-state index contributed by atoms with van der Waals surface area (Å²) in [4.78, 5) is 23.5. The predicted molar refractivity (Wildman–Crippen MR) is 114 cm³/mol. The van der Waals surface area contributed by atoms with Crippen molar-refractivity contribution in [2.24, 2.45) is 0 Å². The molecule has 0 saturated carbocycles. The van der Waals surface area contributed by atoms with Gasteiger partial charge >= 0.3 is 0 Å². The van der Waals surface area contributed by atoms with Crippen LogP contribution in [0.1, 0.15) is 59.2 Å². The van der Waals surface area contributed by atoms with E-state index in [4.69, 9.17) is 11.6 Å². The lowest BCUT2D eigenvalue weighted by Crippen LogP contribution is -2.28. The number of aromatic nitrogens is 2. The molecule has 2 N–H and O–H groups in total. The molecule has 0 spiro atoms. The first-order valence-electron chi connectivity index (χ1n) is 9.08. The molecule has 3 aromatic rings. The molecule has 0 aliphatic heterocycles. The molecule has 2 aromatic heterocycles. The number of hydrogen-bond acceptors (Lipinski definition) is 5. The summed E-state index contributed by atoms with van der Waals surface area (Å²) >= 11 is 7.32. The maximum absolute atomic E-state index is 12.7. The smallest absolute Gasteiger partial charge is 0.261 e. The van der Waals surface area contributed by atoms with Gasteiger partial charge in [-0.1, -0.05) is 44.5 Å². The molecule has 0 aliphatic rings. The van der Waals surface area contributed by atoms with E-state index < -0.39 is 6.10 Å². The van der Waals surface area contributed by atoms with Crippen LogP contribution in [0.4, 0.5) is 0 Å². The number of nitrogens with zero attached hydrogens (tertiary/aromatic N) is 2. The molecular weight excluding hydrogens is 394 g/mol. The molecule has 28 heavy (non-hydrogen) atoms. The third kappa shape index (κ3) is 4.19. The Bertz CT molecular complexity index is 1040. The number of hydrogen-bond donors (Lipinski definition) is 2. The summed E-state index contributed by atoms with van der Waals surface area (Å²) in [7, 11) is 0. The second kappa shape index (κ2) is 7.78. The summed E-state index contributed by atoms with van der Waals surface area (Å²) in [6, 6.07) is 6.98. The Kier molecular flexibility index (Phi) is 5.75. The van der Waals surface area contributed by atoms with Gasteiger partial charge in [0.15, 0.2) is 0 Å².